The third-order valence-electron chi connectivity index (χ3n) is 1.01. The SMILES string of the molecule is COCC(Cl)c1nsc(Cl)n1. The molecule has 0 aliphatic heterocycles. The number of aromatic nitrogens is 2. The molecule has 0 saturated heterocycles. The summed E-state index contributed by atoms with van der Waals surface area (Å²) in [5, 5.41) is -0.302. The van der Waals surface area contributed by atoms with Crippen LogP contribution in [0.3, 0.4) is 0 Å². The maximum absolute atomic E-state index is 5.82. The highest BCUT2D eigenvalue weighted by Crippen LogP contribution is 2.21. The zero-order chi connectivity index (χ0) is 8.27. The summed E-state index contributed by atoms with van der Waals surface area (Å²) in [5.74, 6) is 0.531. The average molecular weight is 213 g/mol. The van der Waals surface area contributed by atoms with Gasteiger partial charge in [0.1, 0.15) is 5.38 Å². The summed E-state index contributed by atoms with van der Waals surface area (Å²) in [5.41, 5.74) is 0. The molecule has 0 saturated carbocycles. The van der Waals surface area contributed by atoms with Crippen LogP contribution in [0.2, 0.25) is 4.47 Å². The lowest BCUT2D eigenvalue weighted by Crippen LogP contribution is -2.00. The molecular weight excluding hydrogens is 207 g/mol. The molecule has 1 rings (SSSR count). The van der Waals surface area contributed by atoms with Gasteiger partial charge in [0.15, 0.2) is 5.82 Å². The van der Waals surface area contributed by atoms with Crippen LogP contribution in [0.25, 0.3) is 0 Å². The van der Waals surface area contributed by atoms with E-state index < -0.39 is 0 Å². The Morgan fingerprint density at radius 1 is 1.73 bits per heavy atom. The number of nitrogens with zero attached hydrogens (tertiary/aromatic N) is 2. The lowest BCUT2D eigenvalue weighted by molar-refractivity contribution is 0.197. The summed E-state index contributed by atoms with van der Waals surface area (Å²) in [4.78, 5) is 3.89. The maximum atomic E-state index is 5.82. The molecule has 0 fully saturated rings. The smallest absolute Gasteiger partial charge is 0.203 e. The molecule has 0 radical (unpaired) electrons. The lowest BCUT2D eigenvalue weighted by atomic mass is 10.4. The van der Waals surface area contributed by atoms with Gasteiger partial charge in [0.2, 0.25) is 4.47 Å². The van der Waals surface area contributed by atoms with E-state index in [4.69, 9.17) is 27.9 Å². The Balaban J connectivity index is 2.60. The molecule has 3 nitrogen and oxygen atoms in total. The molecule has 0 aliphatic rings. The Labute approximate surface area is 78.5 Å². The summed E-state index contributed by atoms with van der Waals surface area (Å²) >= 11 is 12.5. The van der Waals surface area contributed by atoms with Crippen LogP contribution < -0.4 is 0 Å². The van der Waals surface area contributed by atoms with Crippen molar-refractivity contribution in [1.29, 1.82) is 0 Å². The summed E-state index contributed by atoms with van der Waals surface area (Å²) in [6, 6.07) is 0. The van der Waals surface area contributed by atoms with Gasteiger partial charge in [-0.3, -0.25) is 0 Å². The van der Waals surface area contributed by atoms with E-state index in [1.54, 1.807) is 7.11 Å². The standard InChI is InChI=1S/C5H6Cl2N2OS/c1-10-2-3(6)4-8-5(7)11-9-4/h3H,2H2,1H3. The van der Waals surface area contributed by atoms with Crippen molar-refractivity contribution in [2.75, 3.05) is 13.7 Å². The molecule has 0 spiro atoms. The minimum atomic E-state index is -0.302. The van der Waals surface area contributed by atoms with E-state index in [9.17, 15) is 0 Å². The summed E-state index contributed by atoms with van der Waals surface area (Å²) in [7, 11) is 1.57. The molecule has 0 amide bonds. The van der Waals surface area contributed by atoms with Crippen LogP contribution in [0.1, 0.15) is 11.2 Å². The van der Waals surface area contributed by atoms with Crippen LogP contribution >= 0.6 is 34.7 Å². The predicted octanol–water partition coefficient (Wildman–Crippen LogP) is 2.12. The van der Waals surface area contributed by atoms with Crippen molar-refractivity contribution in [3.63, 3.8) is 0 Å². The topological polar surface area (TPSA) is 35.0 Å². The van der Waals surface area contributed by atoms with Gasteiger partial charge in [0, 0.05) is 7.11 Å². The van der Waals surface area contributed by atoms with E-state index in [0.717, 1.165) is 11.5 Å². The molecule has 11 heavy (non-hydrogen) atoms. The Kier molecular flexibility index (Phi) is 3.51. The average Bonchev–Trinajstić information content (AvgIpc) is 2.36. The minimum Gasteiger partial charge on any atom is -0.383 e. The number of methoxy groups -OCH3 is 1. The van der Waals surface area contributed by atoms with Gasteiger partial charge in [0.25, 0.3) is 0 Å². The number of hydrogen-bond donors (Lipinski definition) is 0. The van der Waals surface area contributed by atoms with Crippen LogP contribution in [0.15, 0.2) is 0 Å². The summed E-state index contributed by atoms with van der Waals surface area (Å²) in [6.45, 7) is 0.397. The molecule has 0 aliphatic carbocycles. The van der Waals surface area contributed by atoms with Crippen LogP contribution in [0.4, 0.5) is 0 Å². The second-order valence-electron chi connectivity index (χ2n) is 1.83. The fourth-order valence-corrected chi connectivity index (χ4v) is 1.51. The van der Waals surface area contributed by atoms with E-state index in [2.05, 4.69) is 9.36 Å². The number of alkyl halides is 1. The first-order chi connectivity index (χ1) is 5.24. The molecule has 1 unspecified atom stereocenters. The van der Waals surface area contributed by atoms with E-state index in [0.29, 0.717) is 16.9 Å². The van der Waals surface area contributed by atoms with Crippen LogP contribution in [-0.4, -0.2) is 23.1 Å². The molecule has 1 aromatic heterocycles. The third-order valence-corrected chi connectivity index (χ3v) is 2.14. The normalized spacial score (nSPS) is 13.4. The van der Waals surface area contributed by atoms with Gasteiger partial charge in [-0.2, -0.15) is 4.37 Å². The molecule has 6 heteroatoms. The van der Waals surface area contributed by atoms with E-state index in [1.807, 2.05) is 0 Å². The second kappa shape index (κ2) is 4.21. The number of halogens is 2. The van der Waals surface area contributed by atoms with Gasteiger partial charge >= 0.3 is 0 Å². The monoisotopic (exact) mass is 212 g/mol. The van der Waals surface area contributed by atoms with Crippen LogP contribution in [-0.2, 0) is 4.74 Å². The zero-order valence-corrected chi connectivity index (χ0v) is 8.08. The van der Waals surface area contributed by atoms with E-state index in [1.165, 1.54) is 0 Å². The van der Waals surface area contributed by atoms with E-state index >= 15 is 0 Å². The van der Waals surface area contributed by atoms with Crippen LogP contribution in [0.5, 0.6) is 0 Å². The fraction of sp³-hybridized carbons (Fsp3) is 0.600. The molecule has 1 atom stereocenters. The van der Waals surface area contributed by atoms with Crippen molar-refractivity contribution >= 4 is 34.7 Å². The van der Waals surface area contributed by atoms with Gasteiger partial charge in [-0.15, -0.1) is 11.6 Å². The van der Waals surface area contributed by atoms with Crippen molar-refractivity contribution in [1.82, 2.24) is 9.36 Å². The number of rotatable bonds is 3. The van der Waals surface area contributed by atoms with Gasteiger partial charge in [-0.1, -0.05) is 0 Å². The first kappa shape index (κ1) is 9.19. The third kappa shape index (κ3) is 2.56. The fourth-order valence-electron chi connectivity index (χ4n) is 0.563. The maximum Gasteiger partial charge on any atom is 0.203 e. The van der Waals surface area contributed by atoms with Gasteiger partial charge < -0.3 is 4.74 Å². The molecule has 1 heterocycles. The van der Waals surface area contributed by atoms with Crippen molar-refractivity contribution in [3.05, 3.63) is 10.3 Å². The van der Waals surface area contributed by atoms with Crippen LogP contribution in [0, 0.1) is 0 Å². The van der Waals surface area contributed by atoms with Gasteiger partial charge in [-0.05, 0) is 23.1 Å². The van der Waals surface area contributed by atoms with E-state index in [-0.39, 0.29) is 5.38 Å². The summed E-state index contributed by atoms with van der Waals surface area (Å²) < 4.78 is 9.14. The zero-order valence-electron chi connectivity index (χ0n) is 5.75. The number of ether oxygens (including phenoxy) is 1. The Bertz CT molecular complexity index is 230. The first-order valence-electron chi connectivity index (χ1n) is 2.86. The van der Waals surface area contributed by atoms with Gasteiger partial charge in [-0.25, -0.2) is 4.98 Å². The second-order valence-corrected chi connectivity index (χ2v) is 3.69. The molecule has 0 aromatic carbocycles. The Hall–Kier alpha value is 0.1000. The summed E-state index contributed by atoms with van der Waals surface area (Å²) in [6.07, 6.45) is 0. The Morgan fingerprint density at radius 3 is 2.91 bits per heavy atom. The highest BCUT2D eigenvalue weighted by atomic mass is 35.5. The van der Waals surface area contributed by atoms with Gasteiger partial charge in [0.05, 0.1) is 6.61 Å². The molecule has 0 N–H and O–H groups in total. The van der Waals surface area contributed by atoms with Crippen molar-refractivity contribution in [3.8, 4) is 0 Å². The van der Waals surface area contributed by atoms with Crippen molar-refractivity contribution in [2.24, 2.45) is 0 Å². The quantitative estimate of drug-likeness (QED) is 0.721. The first-order valence-corrected chi connectivity index (χ1v) is 4.45. The Morgan fingerprint density at radius 2 is 2.45 bits per heavy atom. The largest absolute Gasteiger partial charge is 0.383 e. The van der Waals surface area contributed by atoms with Crippen molar-refractivity contribution in [2.45, 2.75) is 5.38 Å². The number of hydrogen-bond acceptors (Lipinski definition) is 4. The molecule has 1 aromatic rings. The molecule has 62 valence electrons. The predicted molar refractivity (Wildman–Crippen MR) is 45.4 cm³/mol. The molecule has 0 bridgehead atoms. The van der Waals surface area contributed by atoms with Crippen molar-refractivity contribution < 1.29 is 4.74 Å². The molecular formula is C5H6Cl2N2OS. The minimum absolute atomic E-state index is 0.302. The highest BCUT2D eigenvalue weighted by molar-refractivity contribution is 7.10. The lowest BCUT2D eigenvalue weighted by Gasteiger charge is -2.01. The highest BCUT2D eigenvalue weighted by Gasteiger charge is 2.12.